The largest absolute Gasteiger partial charge is 0.377 e. The Morgan fingerprint density at radius 3 is 2.90 bits per heavy atom. The molecule has 0 amide bonds. The van der Waals surface area contributed by atoms with Crippen LogP contribution in [0, 0.1) is 5.82 Å². The average Bonchev–Trinajstić information content (AvgIpc) is 2.94. The van der Waals surface area contributed by atoms with E-state index in [9.17, 15) is 4.39 Å². The van der Waals surface area contributed by atoms with Crippen molar-refractivity contribution < 1.29 is 9.13 Å². The van der Waals surface area contributed by atoms with Crippen molar-refractivity contribution in [2.24, 2.45) is 5.73 Å². The number of rotatable bonds is 6. The highest BCUT2D eigenvalue weighted by atomic mass is 35.5. The fourth-order valence-electron chi connectivity index (χ4n) is 2.81. The molecule has 1 fully saturated rings. The lowest BCUT2D eigenvalue weighted by molar-refractivity contribution is 0.0595. The Hall–Kier alpha value is -0.680. The maximum atomic E-state index is 14.1. The number of halogens is 2. The predicted molar refractivity (Wildman–Crippen MR) is 79.4 cm³/mol. The SMILES string of the molecule is CCN(CC1CCCO1)C(CN)c1c(F)cccc1Cl. The van der Waals surface area contributed by atoms with Gasteiger partial charge in [-0.25, -0.2) is 4.39 Å². The number of benzene rings is 1. The van der Waals surface area contributed by atoms with Crippen molar-refractivity contribution in [3.8, 4) is 0 Å². The Kier molecular flexibility index (Phi) is 5.78. The van der Waals surface area contributed by atoms with Crippen LogP contribution in [0.5, 0.6) is 0 Å². The normalized spacial score (nSPS) is 20.6. The van der Waals surface area contributed by atoms with Gasteiger partial charge in [0.05, 0.1) is 12.1 Å². The van der Waals surface area contributed by atoms with Gasteiger partial charge in [-0.05, 0) is 31.5 Å². The van der Waals surface area contributed by atoms with Crippen molar-refractivity contribution in [1.29, 1.82) is 0 Å². The molecule has 20 heavy (non-hydrogen) atoms. The van der Waals surface area contributed by atoms with Gasteiger partial charge in [-0.2, -0.15) is 0 Å². The molecule has 5 heteroatoms. The molecule has 2 rings (SSSR count). The summed E-state index contributed by atoms with van der Waals surface area (Å²) in [6, 6.07) is 4.55. The summed E-state index contributed by atoms with van der Waals surface area (Å²) in [5.74, 6) is -0.293. The second kappa shape index (κ2) is 7.36. The first-order valence-corrected chi connectivity index (χ1v) is 7.54. The molecule has 2 N–H and O–H groups in total. The van der Waals surface area contributed by atoms with E-state index in [0.29, 0.717) is 17.1 Å². The summed E-state index contributed by atoms with van der Waals surface area (Å²) in [7, 11) is 0. The smallest absolute Gasteiger partial charge is 0.129 e. The second-order valence-corrected chi connectivity index (χ2v) is 5.52. The molecule has 0 aliphatic carbocycles. The van der Waals surface area contributed by atoms with E-state index in [0.717, 1.165) is 32.5 Å². The van der Waals surface area contributed by atoms with Crippen molar-refractivity contribution in [1.82, 2.24) is 4.90 Å². The Morgan fingerprint density at radius 1 is 1.55 bits per heavy atom. The lowest BCUT2D eigenvalue weighted by atomic mass is 10.0. The molecule has 0 saturated carbocycles. The molecule has 0 aromatic heterocycles. The first-order valence-electron chi connectivity index (χ1n) is 7.17. The van der Waals surface area contributed by atoms with Gasteiger partial charge in [0.15, 0.2) is 0 Å². The molecule has 0 spiro atoms. The molecule has 0 radical (unpaired) electrons. The maximum Gasteiger partial charge on any atom is 0.129 e. The zero-order chi connectivity index (χ0) is 14.5. The molecule has 1 saturated heterocycles. The van der Waals surface area contributed by atoms with Gasteiger partial charge < -0.3 is 10.5 Å². The number of ether oxygens (including phenoxy) is 1. The number of hydrogen-bond acceptors (Lipinski definition) is 3. The Balaban J connectivity index is 2.19. The summed E-state index contributed by atoms with van der Waals surface area (Å²) in [6.45, 7) is 4.75. The fourth-order valence-corrected chi connectivity index (χ4v) is 3.09. The molecular weight excluding hydrogens is 279 g/mol. The zero-order valence-corrected chi connectivity index (χ0v) is 12.6. The van der Waals surface area contributed by atoms with Gasteiger partial charge in [0.1, 0.15) is 5.82 Å². The van der Waals surface area contributed by atoms with Gasteiger partial charge >= 0.3 is 0 Å². The Bertz CT molecular complexity index is 418. The van der Waals surface area contributed by atoms with Crippen molar-refractivity contribution in [3.05, 3.63) is 34.6 Å². The van der Waals surface area contributed by atoms with Gasteiger partial charge in [0.25, 0.3) is 0 Å². The van der Waals surface area contributed by atoms with E-state index in [1.807, 2.05) is 6.92 Å². The van der Waals surface area contributed by atoms with E-state index in [1.54, 1.807) is 12.1 Å². The van der Waals surface area contributed by atoms with E-state index in [1.165, 1.54) is 6.07 Å². The highest BCUT2D eigenvalue weighted by Gasteiger charge is 2.27. The molecule has 112 valence electrons. The number of nitrogens with zero attached hydrogens (tertiary/aromatic N) is 1. The molecule has 1 aliphatic heterocycles. The lowest BCUT2D eigenvalue weighted by Crippen LogP contribution is -2.39. The molecule has 1 aliphatic rings. The predicted octanol–water partition coefficient (Wildman–Crippen LogP) is 2.98. The van der Waals surface area contributed by atoms with Crippen LogP contribution in [0.3, 0.4) is 0 Å². The topological polar surface area (TPSA) is 38.5 Å². The van der Waals surface area contributed by atoms with Crippen molar-refractivity contribution in [2.45, 2.75) is 31.9 Å². The van der Waals surface area contributed by atoms with Crippen LogP contribution in [0.1, 0.15) is 31.4 Å². The highest BCUT2D eigenvalue weighted by Crippen LogP contribution is 2.30. The van der Waals surface area contributed by atoms with Gasteiger partial charge in [-0.15, -0.1) is 0 Å². The standard InChI is InChI=1S/C15H22ClFN2O/c1-2-19(10-11-5-4-8-20-11)14(9-18)15-12(16)6-3-7-13(15)17/h3,6-7,11,14H,2,4-5,8-10,18H2,1H3. The van der Waals surface area contributed by atoms with Gasteiger partial charge in [-0.1, -0.05) is 24.6 Å². The second-order valence-electron chi connectivity index (χ2n) is 5.11. The molecule has 2 atom stereocenters. The Morgan fingerprint density at radius 2 is 2.35 bits per heavy atom. The Labute approximate surface area is 124 Å². The monoisotopic (exact) mass is 300 g/mol. The minimum absolute atomic E-state index is 0.210. The fraction of sp³-hybridized carbons (Fsp3) is 0.600. The van der Waals surface area contributed by atoms with Crippen LogP contribution in [0.4, 0.5) is 4.39 Å². The van der Waals surface area contributed by atoms with Crippen LogP contribution in [0.25, 0.3) is 0 Å². The molecule has 2 unspecified atom stereocenters. The molecule has 1 heterocycles. The summed E-state index contributed by atoms with van der Waals surface area (Å²) in [4.78, 5) is 2.15. The van der Waals surface area contributed by atoms with Crippen LogP contribution >= 0.6 is 11.6 Å². The summed E-state index contributed by atoms with van der Waals surface area (Å²) in [5.41, 5.74) is 6.38. The van der Waals surface area contributed by atoms with Gasteiger partial charge in [-0.3, -0.25) is 4.90 Å². The number of nitrogens with two attached hydrogens (primary N) is 1. The zero-order valence-electron chi connectivity index (χ0n) is 11.8. The molecular formula is C15H22ClFN2O. The van der Waals surface area contributed by atoms with E-state index >= 15 is 0 Å². The highest BCUT2D eigenvalue weighted by molar-refractivity contribution is 6.31. The summed E-state index contributed by atoms with van der Waals surface area (Å²) in [6.07, 6.45) is 2.36. The third-order valence-electron chi connectivity index (χ3n) is 3.87. The van der Waals surface area contributed by atoms with Crippen LogP contribution in [0.2, 0.25) is 5.02 Å². The third-order valence-corrected chi connectivity index (χ3v) is 4.19. The number of hydrogen-bond donors (Lipinski definition) is 1. The first kappa shape index (κ1) is 15.7. The molecule has 1 aromatic carbocycles. The number of likely N-dealkylation sites (N-methyl/N-ethyl adjacent to an activating group) is 1. The van der Waals surface area contributed by atoms with Crippen LogP contribution < -0.4 is 5.73 Å². The van der Waals surface area contributed by atoms with E-state index in [4.69, 9.17) is 22.1 Å². The van der Waals surface area contributed by atoms with E-state index in [-0.39, 0.29) is 18.0 Å². The van der Waals surface area contributed by atoms with E-state index < -0.39 is 0 Å². The van der Waals surface area contributed by atoms with Gasteiger partial charge in [0.2, 0.25) is 0 Å². The van der Waals surface area contributed by atoms with Crippen LogP contribution in [-0.4, -0.2) is 37.2 Å². The quantitative estimate of drug-likeness (QED) is 0.878. The minimum Gasteiger partial charge on any atom is -0.377 e. The summed E-state index contributed by atoms with van der Waals surface area (Å²) < 4.78 is 19.8. The van der Waals surface area contributed by atoms with Crippen molar-refractivity contribution in [3.63, 3.8) is 0 Å². The van der Waals surface area contributed by atoms with Crippen molar-refractivity contribution >= 4 is 11.6 Å². The minimum atomic E-state index is -0.293. The molecule has 1 aromatic rings. The first-order chi connectivity index (χ1) is 9.67. The van der Waals surface area contributed by atoms with E-state index in [2.05, 4.69) is 4.90 Å². The van der Waals surface area contributed by atoms with Crippen LogP contribution in [0.15, 0.2) is 18.2 Å². The summed E-state index contributed by atoms with van der Waals surface area (Å²) >= 11 is 6.17. The van der Waals surface area contributed by atoms with Crippen LogP contribution in [-0.2, 0) is 4.74 Å². The van der Waals surface area contributed by atoms with Gasteiger partial charge in [0, 0.05) is 30.3 Å². The summed E-state index contributed by atoms with van der Waals surface area (Å²) in [5, 5.41) is 0.436. The molecule has 0 bridgehead atoms. The molecule has 3 nitrogen and oxygen atoms in total. The average molecular weight is 301 g/mol. The maximum absolute atomic E-state index is 14.1. The third kappa shape index (κ3) is 3.50. The van der Waals surface area contributed by atoms with Crippen molar-refractivity contribution in [2.75, 3.05) is 26.2 Å². The lowest BCUT2D eigenvalue weighted by Gasteiger charge is -2.32.